The predicted molar refractivity (Wildman–Crippen MR) is 90.2 cm³/mol. The average molecular weight is 320 g/mol. The fraction of sp³-hybridized carbons (Fsp3) is 0.947. The third-order valence-corrected chi connectivity index (χ3v) is 7.32. The first-order valence-corrected chi connectivity index (χ1v) is 9.74. The van der Waals surface area contributed by atoms with Gasteiger partial charge in [-0.25, -0.2) is 0 Å². The molecule has 0 spiro atoms. The molecule has 130 valence electrons. The van der Waals surface area contributed by atoms with Crippen molar-refractivity contribution in [3.63, 3.8) is 0 Å². The van der Waals surface area contributed by atoms with Crippen molar-refractivity contribution in [2.24, 2.45) is 17.3 Å². The summed E-state index contributed by atoms with van der Waals surface area (Å²) in [6.07, 6.45) is 10.1. The molecule has 3 atom stereocenters. The van der Waals surface area contributed by atoms with Gasteiger partial charge < -0.3 is 9.64 Å². The molecule has 2 bridgehead atoms. The number of hydrogen-bond acceptors (Lipinski definition) is 3. The molecule has 3 aliphatic carbocycles. The third kappa shape index (κ3) is 2.82. The van der Waals surface area contributed by atoms with E-state index in [-0.39, 0.29) is 5.41 Å². The van der Waals surface area contributed by atoms with Crippen LogP contribution >= 0.6 is 0 Å². The number of ether oxygens (including phenoxy) is 1. The molecule has 4 aliphatic rings. The van der Waals surface area contributed by atoms with Gasteiger partial charge in [0.2, 0.25) is 5.91 Å². The first kappa shape index (κ1) is 15.9. The summed E-state index contributed by atoms with van der Waals surface area (Å²) in [5, 5.41) is 0. The Labute approximate surface area is 140 Å². The lowest BCUT2D eigenvalue weighted by molar-refractivity contribution is -0.151. The Bertz CT molecular complexity index is 441. The number of carbonyl (C=O) groups is 1. The Morgan fingerprint density at radius 1 is 1.13 bits per heavy atom. The molecule has 4 fully saturated rings. The molecular formula is C19H32N2O2. The molecule has 0 radical (unpaired) electrons. The maximum absolute atomic E-state index is 13.0. The number of rotatable bonds is 5. The van der Waals surface area contributed by atoms with Gasteiger partial charge >= 0.3 is 0 Å². The van der Waals surface area contributed by atoms with Crippen LogP contribution in [0.15, 0.2) is 0 Å². The first-order chi connectivity index (χ1) is 11.2. The number of carbonyl (C=O) groups excluding carboxylic acids is 1. The number of fused-ring (bicyclic) bond motifs is 2. The average Bonchev–Trinajstić information content (AvgIpc) is 3.17. The van der Waals surface area contributed by atoms with Crippen molar-refractivity contribution < 1.29 is 9.53 Å². The molecular weight excluding hydrogens is 288 g/mol. The molecule has 4 nitrogen and oxygen atoms in total. The van der Waals surface area contributed by atoms with Gasteiger partial charge in [0.25, 0.3) is 0 Å². The van der Waals surface area contributed by atoms with Crippen molar-refractivity contribution >= 4 is 5.91 Å². The van der Waals surface area contributed by atoms with Crippen LogP contribution < -0.4 is 0 Å². The standard InChI is InChI=1S/C19H32N2O2/c1-23-12-7-19(5-2-6-19)18(22)21-10-8-20(9-11-21)17-14-15-3-4-16(17)13-15/h15-17H,2-14H2,1H3/t15-,16-,17-/m0/s1. The summed E-state index contributed by atoms with van der Waals surface area (Å²) < 4.78 is 5.24. The van der Waals surface area contributed by atoms with E-state index in [1.165, 1.54) is 32.1 Å². The highest BCUT2D eigenvalue weighted by molar-refractivity contribution is 5.83. The summed E-state index contributed by atoms with van der Waals surface area (Å²) in [6, 6.07) is 0.831. The SMILES string of the molecule is COCCC1(C(=O)N2CCN([C@H]3C[C@H]4CC[C@H]3C4)CC2)CCC1. The maximum atomic E-state index is 13.0. The summed E-state index contributed by atoms with van der Waals surface area (Å²) in [7, 11) is 1.74. The zero-order chi connectivity index (χ0) is 15.9. The largest absolute Gasteiger partial charge is 0.385 e. The summed E-state index contributed by atoms with van der Waals surface area (Å²) in [5.74, 6) is 2.40. The van der Waals surface area contributed by atoms with E-state index in [2.05, 4.69) is 9.80 Å². The number of amides is 1. The van der Waals surface area contributed by atoms with Crippen LogP contribution in [0.25, 0.3) is 0 Å². The number of hydrogen-bond donors (Lipinski definition) is 0. The number of nitrogens with zero attached hydrogens (tertiary/aromatic N) is 2. The quantitative estimate of drug-likeness (QED) is 0.780. The highest BCUT2D eigenvalue weighted by Crippen LogP contribution is 2.48. The van der Waals surface area contributed by atoms with Gasteiger partial charge in [0.15, 0.2) is 0 Å². The molecule has 0 aromatic rings. The van der Waals surface area contributed by atoms with E-state index >= 15 is 0 Å². The molecule has 23 heavy (non-hydrogen) atoms. The van der Waals surface area contributed by atoms with Gasteiger partial charge in [-0.05, 0) is 50.4 Å². The summed E-state index contributed by atoms with van der Waals surface area (Å²) in [4.78, 5) is 17.9. The highest BCUT2D eigenvalue weighted by atomic mass is 16.5. The highest BCUT2D eigenvalue weighted by Gasteiger charge is 2.47. The lowest BCUT2D eigenvalue weighted by Gasteiger charge is -2.47. The molecule has 1 heterocycles. The van der Waals surface area contributed by atoms with Crippen molar-refractivity contribution in [1.82, 2.24) is 9.80 Å². The number of methoxy groups -OCH3 is 1. The van der Waals surface area contributed by atoms with Crippen LogP contribution in [0, 0.1) is 17.3 Å². The smallest absolute Gasteiger partial charge is 0.228 e. The van der Waals surface area contributed by atoms with Crippen molar-refractivity contribution in [3.05, 3.63) is 0 Å². The van der Waals surface area contributed by atoms with Crippen molar-refractivity contribution in [2.45, 2.75) is 57.4 Å². The second-order valence-electron chi connectivity index (χ2n) is 8.45. The maximum Gasteiger partial charge on any atom is 0.228 e. The van der Waals surface area contributed by atoms with E-state index in [1.807, 2.05) is 0 Å². The number of piperazine rings is 1. The summed E-state index contributed by atoms with van der Waals surface area (Å²) in [5.41, 5.74) is -0.0788. The fourth-order valence-corrected chi connectivity index (χ4v) is 5.72. The van der Waals surface area contributed by atoms with Crippen molar-refractivity contribution in [1.29, 1.82) is 0 Å². The van der Waals surface area contributed by atoms with Crippen LogP contribution in [0.5, 0.6) is 0 Å². The van der Waals surface area contributed by atoms with Crippen LogP contribution in [0.2, 0.25) is 0 Å². The van der Waals surface area contributed by atoms with Gasteiger partial charge in [-0.15, -0.1) is 0 Å². The van der Waals surface area contributed by atoms with E-state index in [4.69, 9.17) is 4.74 Å². The molecule has 4 rings (SSSR count). The molecule has 1 saturated heterocycles. The van der Waals surface area contributed by atoms with Crippen LogP contribution in [-0.4, -0.2) is 61.6 Å². The summed E-state index contributed by atoms with van der Waals surface area (Å²) >= 11 is 0. The zero-order valence-corrected chi connectivity index (χ0v) is 14.6. The molecule has 1 aliphatic heterocycles. The molecule has 3 saturated carbocycles. The van der Waals surface area contributed by atoms with E-state index in [1.54, 1.807) is 7.11 Å². The van der Waals surface area contributed by atoms with Gasteiger partial charge in [0.1, 0.15) is 0 Å². The molecule has 1 amide bonds. The van der Waals surface area contributed by atoms with E-state index < -0.39 is 0 Å². The van der Waals surface area contributed by atoms with E-state index in [9.17, 15) is 4.79 Å². The van der Waals surface area contributed by atoms with E-state index in [0.29, 0.717) is 5.91 Å². The van der Waals surface area contributed by atoms with Gasteiger partial charge in [0.05, 0.1) is 5.41 Å². The Hall–Kier alpha value is -0.610. The topological polar surface area (TPSA) is 32.8 Å². The van der Waals surface area contributed by atoms with Gasteiger partial charge in [-0.2, -0.15) is 0 Å². The molecule has 0 aromatic carbocycles. The predicted octanol–water partition coefficient (Wildman–Crippen LogP) is 2.53. The zero-order valence-electron chi connectivity index (χ0n) is 14.6. The Balaban J connectivity index is 1.31. The van der Waals surface area contributed by atoms with Gasteiger partial charge in [-0.1, -0.05) is 12.8 Å². The molecule has 0 N–H and O–H groups in total. The Morgan fingerprint density at radius 3 is 2.43 bits per heavy atom. The minimum atomic E-state index is -0.0788. The first-order valence-electron chi connectivity index (χ1n) is 9.74. The normalized spacial score (nSPS) is 36.2. The lowest BCUT2D eigenvalue weighted by atomic mass is 9.65. The van der Waals surface area contributed by atoms with Gasteiger partial charge in [-0.3, -0.25) is 9.69 Å². The van der Waals surface area contributed by atoms with Crippen molar-refractivity contribution in [3.8, 4) is 0 Å². The molecule has 4 heteroatoms. The Kier molecular flexibility index (Phi) is 4.39. The van der Waals surface area contributed by atoms with E-state index in [0.717, 1.165) is 69.9 Å². The van der Waals surface area contributed by atoms with Crippen LogP contribution in [0.3, 0.4) is 0 Å². The van der Waals surface area contributed by atoms with Gasteiger partial charge in [0, 0.05) is 45.9 Å². The monoisotopic (exact) mass is 320 g/mol. The lowest BCUT2D eigenvalue weighted by Crippen LogP contribution is -2.57. The minimum absolute atomic E-state index is 0.0788. The molecule has 0 aromatic heterocycles. The fourth-order valence-electron chi connectivity index (χ4n) is 5.72. The molecule has 0 unspecified atom stereocenters. The Morgan fingerprint density at radius 2 is 1.91 bits per heavy atom. The summed E-state index contributed by atoms with van der Waals surface area (Å²) in [6.45, 7) is 4.81. The van der Waals surface area contributed by atoms with Crippen molar-refractivity contribution in [2.75, 3.05) is 39.9 Å². The van der Waals surface area contributed by atoms with Crippen LogP contribution in [0.1, 0.15) is 51.4 Å². The van der Waals surface area contributed by atoms with Crippen LogP contribution in [-0.2, 0) is 9.53 Å². The van der Waals surface area contributed by atoms with Crippen LogP contribution in [0.4, 0.5) is 0 Å². The third-order valence-electron chi connectivity index (χ3n) is 7.32. The minimum Gasteiger partial charge on any atom is -0.385 e. The second-order valence-corrected chi connectivity index (χ2v) is 8.45. The second kappa shape index (κ2) is 6.36.